The van der Waals surface area contributed by atoms with Gasteiger partial charge >= 0.3 is 0 Å². The van der Waals surface area contributed by atoms with Crippen molar-refractivity contribution >= 4 is 11.6 Å². The summed E-state index contributed by atoms with van der Waals surface area (Å²) in [5.74, 6) is 0.534. The van der Waals surface area contributed by atoms with Crippen LogP contribution in [0.3, 0.4) is 0 Å². The van der Waals surface area contributed by atoms with Gasteiger partial charge in [-0.1, -0.05) is 0 Å². The topological polar surface area (TPSA) is 12.5 Å². The fourth-order valence-corrected chi connectivity index (χ4v) is 1.55. The smallest absolute Gasteiger partial charge is 0.0906 e. The van der Waals surface area contributed by atoms with Crippen LogP contribution in [0.15, 0.2) is 0 Å². The van der Waals surface area contributed by atoms with Gasteiger partial charge in [0.05, 0.1) is 19.4 Å². The van der Waals surface area contributed by atoms with E-state index in [2.05, 4.69) is 4.90 Å². The quantitative estimate of drug-likeness (QED) is 0.627. The zero-order valence-corrected chi connectivity index (χ0v) is 7.89. The molecule has 1 saturated heterocycles. The van der Waals surface area contributed by atoms with Crippen molar-refractivity contribution in [2.45, 2.75) is 12.5 Å². The van der Waals surface area contributed by atoms with E-state index < -0.39 is 0 Å². The molecule has 0 aromatic heterocycles. The maximum Gasteiger partial charge on any atom is 0.0906 e. The van der Waals surface area contributed by atoms with Crippen LogP contribution in [0.2, 0.25) is 0 Å². The van der Waals surface area contributed by atoms with Crippen LogP contribution in [0, 0.1) is 0 Å². The number of morpholine rings is 1. The molecular weight excluding hydrogens is 181 g/mol. The number of halogens is 2. The van der Waals surface area contributed by atoms with Crippen molar-refractivity contribution in [2.24, 2.45) is 0 Å². The average molecular weight is 196 g/mol. The van der Waals surface area contributed by atoms with Crippen molar-refractivity contribution in [3.05, 3.63) is 0 Å². The minimum absolute atomic E-state index is 0.139. The molecule has 72 valence electrons. The molecule has 0 aromatic rings. The molecule has 0 aromatic carbocycles. The lowest BCUT2D eigenvalue weighted by molar-refractivity contribution is -0.0170. The van der Waals surface area contributed by atoms with Crippen LogP contribution in [0.4, 0.5) is 4.39 Å². The van der Waals surface area contributed by atoms with Gasteiger partial charge in [0.2, 0.25) is 0 Å². The maximum atomic E-state index is 11.8. The standard InChI is InChI=1S/C8H15ClFNO/c9-6-8-7-11(3-1-2-10)4-5-12-8/h8H,1-7H2. The van der Waals surface area contributed by atoms with Gasteiger partial charge in [-0.3, -0.25) is 9.29 Å². The van der Waals surface area contributed by atoms with Gasteiger partial charge in [0.15, 0.2) is 0 Å². The van der Waals surface area contributed by atoms with Gasteiger partial charge in [-0.25, -0.2) is 0 Å². The number of rotatable bonds is 4. The number of alkyl halides is 2. The van der Waals surface area contributed by atoms with Crippen molar-refractivity contribution in [3.63, 3.8) is 0 Å². The van der Waals surface area contributed by atoms with E-state index in [9.17, 15) is 4.39 Å². The first-order valence-corrected chi connectivity index (χ1v) is 4.86. The summed E-state index contributed by atoms with van der Waals surface area (Å²) in [5.41, 5.74) is 0. The summed E-state index contributed by atoms with van der Waals surface area (Å²) in [4.78, 5) is 2.20. The lowest BCUT2D eigenvalue weighted by Gasteiger charge is -2.31. The molecule has 0 spiro atoms. The number of nitrogens with zero attached hydrogens (tertiary/aromatic N) is 1. The fourth-order valence-electron chi connectivity index (χ4n) is 1.36. The first kappa shape index (κ1) is 10.2. The first-order chi connectivity index (χ1) is 5.86. The molecule has 0 N–H and O–H groups in total. The highest BCUT2D eigenvalue weighted by Crippen LogP contribution is 2.06. The van der Waals surface area contributed by atoms with Crippen LogP contribution in [-0.4, -0.2) is 49.8 Å². The van der Waals surface area contributed by atoms with E-state index in [0.29, 0.717) is 12.3 Å². The summed E-state index contributed by atoms with van der Waals surface area (Å²) < 4.78 is 17.2. The predicted molar refractivity (Wildman–Crippen MR) is 47.5 cm³/mol. The molecule has 1 atom stereocenters. The Balaban J connectivity index is 2.16. The van der Waals surface area contributed by atoms with Gasteiger partial charge in [0, 0.05) is 25.5 Å². The first-order valence-electron chi connectivity index (χ1n) is 4.32. The molecule has 0 amide bonds. The highest BCUT2D eigenvalue weighted by Gasteiger charge is 2.18. The van der Waals surface area contributed by atoms with Crippen molar-refractivity contribution < 1.29 is 9.13 Å². The molecule has 0 aliphatic carbocycles. The van der Waals surface area contributed by atoms with Crippen LogP contribution in [-0.2, 0) is 4.74 Å². The van der Waals surface area contributed by atoms with E-state index in [1.165, 1.54) is 0 Å². The van der Waals surface area contributed by atoms with E-state index in [1.807, 2.05) is 0 Å². The summed E-state index contributed by atoms with van der Waals surface area (Å²) >= 11 is 5.65. The molecule has 0 saturated carbocycles. The fraction of sp³-hybridized carbons (Fsp3) is 1.00. The van der Waals surface area contributed by atoms with Crippen LogP contribution in [0.25, 0.3) is 0 Å². The summed E-state index contributed by atoms with van der Waals surface area (Å²) in [7, 11) is 0. The second kappa shape index (κ2) is 5.73. The molecule has 2 nitrogen and oxygen atoms in total. The maximum absolute atomic E-state index is 11.8. The zero-order valence-electron chi connectivity index (χ0n) is 7.14. The Morgan fingerprint density at radius 1 is 1.58 bits per heavy atom. The molecule has 1 rings (SSSR count). The van der Waals surface area contributed by atoms with Crippen LogP contribution in [0.5, 0.6) is 0 Å². The van der Waals surface area contributed by atoms with Crippen molar-refractivity contribution in [3.8, 4) is 0 Å². The second-order valence-corrected chi connectivity index (χ2v) is 3.30. The third-order valence-corrected chi connectivity index (χ3v) is 2.35. The average Bonchev–Trinajstić information content (AvgIpc) is 2.15. The lowest BCUT2D eigenvalue weighted by atomic mass is 10.3. The van der Waals surface area contributed by atoms with E-state index in [1.54, 1.807) is 0 Å². The molecule has 12 heavy (non-hydrogen) atoms. The highest BCUT2D eigenvalue weighted by molar-refractivity contribution is 6.18. The summed E-state index contributed by atoms with van der Waals surface area (Å²) in [5, 5.41) is 0. The number of hydrogen-bond donors (Lipinski definition) is 0. The Hall–Kier alpha value is 0.140. The van der Waals surface area contributed by atoms with Crippen LogP contribution < -0.4 is 0 Å². The van der Waals surface area contributed by atoms with E-state index in [-0.39, 0.29) is 12.8 Å². The van der Waals surface area contributed by atoms with Crippen molar-refractivity contribution in [1.29, 1.82) is 0 Å². The van der Waals surface area contributed by atoms with E-state index >= 15 is 0 Å². The van der Waals surface area contributed by atoms with E-state index in [4.69, 9.17) is 16.3 Å². The molecular formula is C8H15ClFNO. The Labute approximate surface area is 77.6 Å². The molecule has 0 radical (unpaired) electrons. The Morgan fingerprint density at radius 2 is 2.42 bits per heavy atom. The summed E-state index contributed by atoms with van der Waals surface area (Å²) in [6, 6.07) is 0. The van der Waals surface area contributed by atoms with Gasteiger partial charge in [-0.15, -0.1) is 11.6 Å². The molecule has 1 aliphatic rings. The molecule has 1 unspecified atom stereocenters. The SMILES string of the molecule is FCCCN1CCOC(CCl)C1. The van der Waals surface area contributed by atoms with Gasteiger partial charge < -0.3 is 4.74 Å². The minimum Gasteiger partial charge on any atom is -0.374 e. The van der Waals surface area contributed by atoms with Gasteiger partial charge in [0.1, 0.15) is 0 Å². The third-order valence-electron chi connectivity index (χ3n) is 2.00. The molecule has 1 aliphatic heterocycles. The van der Waals surface area contributed by atoms with Crippen LogP contribution >= 0.6 is 11.6 Å². The van der Waals surface area contributed by atoms with Crippen LogP contribution in [0.1, 0.15) is 6.42 Å². The van der Waals surface area contributed by atoms with E-state index in [0.717, 1.165) is 26.2 Å². The van der Waals surface area contributed by atoms with Crippen molar-refractivity contribution in [2.75, 3.05) is 38.8 Å². The van der Waals surface area contributed by atoms with Crippen molar-refractivity contribution in [1.82, 2.24) is 4.90 Å². The predicted octanol–water partition coefficient (Wildman–Crippen LogP) is 1.29. The summed E-state index contributed by atoms with van der Waals surface area (Å²) in [6.45, 7) is 3.08. The summed E-state index contributed by atoms with van der Waals surface area (Å²) in [6.07, 6.45) is 0.759. The molecule has 0 bridgehead atoms. The molecule has 4 heteroatoms. The Kier molecular flexibility index (Phi) is 4.88. The van der Waals surface area contributed by atoms with Gasteiger partial charge in [-0.2, -0.15) is 0 Å². The van der Waals surface area contributed by atoms with Gasteiger partial charge in [-0.05, 0) is 6.42 Å². The molecule has 1 heterocycles. The zero-order chi connectivity index (χ0) is 8.81. The van der Waals surface area contributed by atoms with Gasteiger partial charge in [0.25, 0.3) is 0 Å². The Bertz CT molecular complexity index is 126. The number of ether oxygens (including phenoxy) is 1. The lowest BCUT2D eigenvalue weighted by Crippen LogP contribution is -2.43. The minimum atomic E-state index is -0.233. The normalized spacial score (nSPS) is 26.0. The Morgan fingerprint density at radius 3 is 3.08 bits per heavy atom. The molecule has 1 fully saturated rings. The number of hydrogen-bond acceptors (Lipinski definition) is 2. The largest absolute Gasteiger partial charge is 0.374 e. The third kappa shape index (κ3) is 3.25. The second-order valence-electron chi connectivity index (χ2n) is 2.99. The monoisotopic (exact) mass is 195 g/mol. The highest BCUT2D eigenvalue weighted by atomic mass is 35.5.